The van der Waals surface area contributed by atoms with Crippen molar-refractivity contribution in [1.29, 1.82) is 0 Å². The van der Waals surface area contributed by atoms with Crippen molar-refractivity contribution >= 4 is 18.1 Å². The van der Waals surface area contributed by atoms with Gasteiger partial charge in [-0.1, -0.05) is 13.8 Å². The van der Waals surface area contributed by atoms with E-state index in [0.717, 1.165) is 12.1 Å². The van der Waals surface area contributed by atoms with Crippen LogP contribution in [0.25, 0.3) is 0 Å². The third-order valence-corrected chi connectivity index (χ3v) is 2.90. The number of phenols is 2. The van der Waals surface area contributed by atoms with Crippen LogP contribution in [-0.2, 0) is 0 Å². The number of hydrogen-bond donors (Lipinski definition) is 4. The fraction of sp³-hybridized carbons (Fsp3) is 0.455. The molecule has 0 saturated carbocycles. The lowest BCUT2D eigenvalue weighted by atomic mass is 9.81. The first-order valence-corrected chi connectivity index (χ1v) is 5.27. The molecule has 108 valence electrons. The van der Waals surface area contributed by atoms with E-state index in [2.05, 4.69) is 0 Å². The second kappa shape index (κ2) is 6.05. The van der Waals surface area contributed by atoms with Crippen molar-refractivity contribution in [2.75, 3.05) is 6.61 Å². The van der Waals surface area contributed by atoms with E-state index in [1.165, 1.54) is 0 Å². The molecule has 0 aliphatic carbocycles. The zero-order valence-corrected chi connectivity index (χ0v) is 11.3. The Hall–Kier alpha value is -1.57. The molecule has 0 unspecified atom stereocenters. The molecule has 1 atom stereocenters. The van der Waals surface area contributed by atoms with Gasteiger partial charge in [0.25, 0.3) is 0 Å². The van der Waals surface area contributed by atoms with Crippen LogP contribution < -0.4 is 5.73 Å². The number of phenolic OH excluding ortho intramolecular Hbond substituents is 2. The van der Waals surface area contributed by atoms with Gasteiger partial charge < -0.3 is 21.1 Å². The second-order valence-electron chi connectivity index (χ2n) is 4.79. The van der Waals surface area contributed by atoms with Gasteiger partial charge in [-0.25, -0.2) is 0 Å². The summed E-state index contributed by atoms with van der Waals surface area (Å²) in [5, 5.41) is 38.7. The molecule has 0 aromatic heterocycles. The van der Waals surface area contributed by atoms with Crippen molar-refractivity contribution in [3.8, 4) is 11.5 Å². The van der Waals surface area contributed by atoms with Gasteiger partial charge in [0.05, 0.1) is 4.92 Å². The molecule has 0 radical (unpaired) electrons. The number of hydrogen-bond acceptors (Lipinski definition) is 6. The number of nitro groups is 1. The van der Waals surface area contributed by atoms with Gasteiger partial charge in [0.15, 0.2) is 5.75 Å². The largest absolute Gasteiger partial charge is 0.504 e. The number of nitro benzene ring substituents is 1. The van der Waals surface area contributed by atoms with Crippen LogP contribution >= 0.6 is 12.4 Å². The lowest BCUT2D eigenvalue weighted by Crippen LogP contribution is -2.32. The average molecular weight is 293 g/mol. The summed E-state index contributed by atoms with van der Waals surface area (Å²) in [6.45, 7) is 3.16. The van der Waals surface area contributed by atoms with Gasteiger partial charge in [-0.15, -0.1) is 12.4 Å². The van der Waals surface area contributed by atoms with E-state index < -0.39 is 33.6 Å². The van der Waals surface area contributed by atoms with Crippen LogP contribution in [-0.4, -0.2) is 26.8 Å². The molecule has 0 fully saturated rings. The van der Waals surface area contributed by atoms with Gasteiger partial charge in [0.2, 0.25) is 5.75 Å². The Bertz CT molecular complexity index is 478. The van der Waals surface area contributed by atoms with Gasteiger partial charge >= 0.3 is 5.69 Å². The predicted octanol–water partition coefficient (Wildman–Crippen LogP) is 1.45. The van der Waals surface area contributed by atoms with Crippen molar-refractivity contribution in [2.45, 2.75) is 19.9 Å². The first-order valence-electron chi connectivity index (χ1n) is 5.27. The maximum absolute atomic E-state index is 10.7. The molecular formula is C11H17ClN2O5. The van der Waals surface area contributed by atoms with Crippen molar-refractivity contribution in [1.82, 2.24) is 0 Å². The lowest BCUT2D eigenvalue weighted by Gasteiger charge is -2.29. The molecule has 0 saturated heterocycles. The van der Waals surface area contributed by atoms with E-state index >= 15 is 0 Å². The molecule has 0 aliphatic heterocycles. The van der Waals surface area contributed by atoms with Crippen LogP contribution in [0.1, 0.15) is 25.5 Å². The number of aliphatic hydroxyl groups is 1. The molecule has 0 amide bonds. The minimum Gasteiger partial charge on any atom is -0.504 e. The van der Waals surface area contributed by atoms with Gasteiger partial charge in [-0.05, 0) is 11.6 Å². The van der Waals surface area contributed by atoms with Crippen molar-refractivity contribution in [2.24, 2.45) is 11.1 Å². The summed E-state index contributed by atoms with van der Waals surface area (Å²) in [6.07, 6.45) is 0. The standard InChI is InChI=1S/C11H16N2O5.ClH/c1-11(2,5-14)10(12)6-3-7(13(17)18)9(16)8(15)4-6;/h3-4,10,14-16H,5,12H2,1-2H3;1H/t10-;/m0./s1. The van der Waals surface area contributed by atoms with Gasteiger partial charge in [0, 0.05) is 24.1 Å². The Morgan fingerprint density at radius 3 is 2.37 bits per heavy atom. The summed E-state index contributed by atoms with van der Waals surface area (Å²) in [7, 11) is 0. The third kappa shape index (κ3) is 3.46. The highest BCUT2D eigenvalue weighted by atomic mass is 35.5. The highest BCUT2D eigenvalue weighted by molar-refractivity contribution is 5.85. The summed E-state index contributed by atoms with van der Waals surface area (Å²) in [4.78, 5) is 9.90. The Labute approximate surface area is 116 Å². The minimum absolute atomic E-state index is 0. The number of nitrogens with zero attached hydrogens (tertiary/aromatic N) is 1. The number of aromatic hydroxyl groups is 2. The molecule has 7 nitrogen and oxygen atoms in total. The minimum atomic E-state index is -0.808. The van der Waals surface area contributed by atoms with Crippen molar-refractivity contribution in [3.63, 3.8) is 0 Å². The predicted molar refractivity (Wildman–Crippen MR) is 71.5 cm³/mol. The highest BCUT2D eigenvalue weighted by Gasteiger charge is 2.30. The molecule has 1 rings (SSSR count). The molecule has 1 aromatic carbocycles. The van der Waals surface area contributed by atoms with E-state index in [4.69, 9.17) is 5.73 Å². The fourth-order valence-corrected chi connectivity index (χ4v) is 1.49. The summed E-state index contributed by atoms with van der Waals surface area (Å²) < 4.78 is 0. The quantitative estimate of drug-likeness (QED) is 0.377. The number of nitrogens with two attached hydrogens (primary N) is 1. The van der Waals surface area contributed by atoms with E-state index in [-0.39, 0.29) is 24.6 Å². The Kier molecular flexibility index (Phi) is 5.55. The van der Waals surface area contributed by atoms with Crippen molar-refractivity contribution in [3.05, 3.63) is 27.8 Å². The monoisotopic (exact) mass is 292 g/mol. The summed E-state index contributed by atoms with van der Waals surface area (Å²) in [5.41, 5.74) is 4.84. The Morgan fingerprint density at radius 1 is 1.42 bits per heavy atom. The maximum atomic E-state index is 10.7. The highest BCUT2D eigenvalue weighted by Crippen LogP contribution is 2.40. The molecule has 19 heavy (non-hydrogen) atoms. The first-order chi connectivity index (χ1) is 8.20. The molecule has 0 spiro atoms. The first kappa shape index (κ1) is 17.4. The fourth-order valence-electron chi connectivity index (χ4n) is 1.49. The van der Waals surface area contributed by atoms with Crippen LogP contribution in [0.3, 0.4) is 0 Å². The van der Waals surface area contributed by atoms with E-state index in [9.17, 15) is 25.4 Å². The van der Waals surface area contributed by atoms with Crippen molar-refractivity contribution < 1.29 is 20.2 Å². The smallest absolute Gasteiger partial charge is 0.314 e. The van der Waals surface area contributed by atoms with Gasteiger partial charge in [-0.2, -0.15) is 0 Å². The number of benzene rings is 1. The average Bonchev–Trinajstić information content (AvgIpc) is 2.31. The Morgan fingerprint density at radius 2 is 1.95 bits per heavy atom. The van der Waals surface area contributed by atoms with Gasteiger partial charge in [-0.3, -0.25) is 10.1 Å². The van der Waals surface area contributed by atoms with E-state index in [1.54, 1.807) is 13.8 Å². The third-order valence-electron chi connectivity index (χ3n) is 2.90. The van der Waals surface area contributed by atoms with Crippen LogP contribution in [0.2, 0.25) is 0 Å². The molecule has 1 aromatic rings. The number of aliphatic hydroxyl groups excluding tert-OH is 1. The summed E-state index contributed by atoms with van der Waals surface area (Å²) in [6, 6.07) is 1.54. The lowest BCUT2D eigenvalue weighted by molar-refractivity contribution is -0.386. The van der Waals surface area contributed by atoms with Gasteiger partial charge in [0.1, 0.15) is 0 Å². The second-order valence-corrected chi connectivity index (χ2v) is 4.79. The van der Waals surface area contributed by atoms with Crippen LogP contribution in [0.15, 0.2) is 12.1 Å². The van der Waals surface area contributed by atoms with Crippen LogP contribution in [0.4, 0.5) is 5.69 Å². The van der Waals surface area contributed by atoms with Crippen LogP contribution in [0.5, 0.6) is 11.5 Å². The maximum Gasteiger partial charge on any atom is 0.314 e. The van der Waals surface area contributed by atoms with E-state index in [0.29, 0.717) is 0 Å². The normalized spacial score (nSPS) is 12.6. The molecular weight excluding hydrogens is 276 g/mol. The SMILES string of the molecule is CC(C)(CO)[C@@H](N)c1cc(O)c(O)c([N+](=O)[O-])c1.Cl. The number of rotatable bonds is 4. The zero-order chi connectivity index (χ0) is 14.1. The molecule has 0 aliphatic rings. The molecule has 8 heteroatoms. The topological polar surface area (TPSA) is 130 Å². The molecule has 5 N–H and O–H groups in total. The molecule has 0 bridgehead atoms. The molecule has 0 heterocycles. The summed E-state index contributed by atoms with van der Waals surface area (Å²) in [5.74, 6) is -1.40. The number of halogens is 1. The summed E-state index contributed by atoms with van der Waals surface area (Å²) >= 11 is 0. The van der Waals surface area contributed by atoms with E-state index in [1.807, 2.05) is 0 Å². The Balaban J connectivity index is 0.00000324. The van der Waals surface area contributed by atoms with Crippen LogP contribution in [0, 0.1) is 15.5 Å². The zero-order valence-electron chi connectivity index (χ0n) is 10.5.